The maximum atomic E-state index is 8.57. The lowest BCUT2D eigenvalue weighted by atomic mass is 10.2. The van der Waals surface area contributed by atoms with Gasteiger partial charge in [0.25, 0.3) is 0 Å². The predicted octanol–water partition coefficient (Wildman–Crippen LogP) is 0.758. The molecular weight excluding hydrogens is 190 g/mol. The van der Waals surface area contributed by atoms with Gasteiger partial charge in [-0.1, -0.05) is 17.9 Å². The Morgan fingerprint density at radius 3 is 3.00 bits per heavy atom. The summed E-state index contributed by atoms with van der Waals surface area (Å²) in [6.45, 7) is 1.10. The van der Waals surface area contributed by atoms with E-state index in [4.69, 9.17) is 15.6 Å². The SMILES string of the molecule is NCCOc1cccc(C#CCCO)c1. The van der Waals surface area contributed by atoms with E-state index in [1.807, 2.05) is 24.3 Å². The van der Waals surface area contributed by atoms with E-state index in [0.717, 1.165) is 11.3 Å². The summed E-state index contributed by atoms with van der Waals surface area (Å²) in [5.74, 6) is 6.57. The maximum absolute atomic E-state index is 8.57. The predicted molar refractivity (Wildman–Crippen MR) is 59.6 cm³/mol. The normalized spacial score (nSPS) is 9.20. The van der Waals surface area contributed by atoms with Crippen molar-refractivity contribution in [1.82, 2.24) is 0 Å². The van der Waals surface area contributed by atoms with E-state index in [2.05, 4.69) is 11.8 Å². The molecule has 3 nitrogen and oxygen atoms in total. The van der Waals surface area contributed by atoms with Crippen molar-refractivity contribution in [2.45, 2.75) is 6.42 Å². The summed E-state index contributed by atoms with van der Waals surface area (Å²) >= 11 is 0. The zero-order valence-corrected chi connectivity index (χ0v) is 8.57. The van der Waals surface area contributed by atoms with E-state index in [9.17, 15) is 0 Å². The Labute approximate surface area is 89.9 Å². The quantitative estimate of drug-likeness (QED) is 0.713. The monoisotopic (exact) mass is 205 g/mol. The van der Waals surface area contributed by atoms with Crippen molar-refractivity contribution in [3.8, 4) is 17.6 Å². The first-order chi connectivity index (χ1) is 7.36. The summed E-state index contributed by atoms with van der Waals surface area (Å²) < 4.78 is 5.36. The van der Waals surface area contributed by atoms with Crippen LogP contribution in [0.15, 0.2) is 24.3 Å². The molecule has 1 rings (SSSR count). The summed E-state index contributed by atoms with van der Waals surface area (Å²) in [6.07, 6.45) is 0.494. The fourth-order valence-electron chi connectivity index (χ4n) is 1.06. The van der Waals surface area contributed by atoms with Crippen LogP contribution in [0.4, 0.5) is 0 Å². The Morgan fingerprint density at radius 1 is 1.40 bits per heavy atom. The zero-order chi connectivity index (χ0) is 10.9. The molecule has 0 aromatic heterocycles. The lowest BCUT2D eigenvalue weighted by molar-refractivity contribution is 0.305. The van der Waals surface area contributed by atoms with Gasteiger partial charge in [0.05, 0.1) is 6.61 Å². The third-order valence-corrected chi connectivity index (χ3v) is 1.69. The number of rotatable bonds is 4. The molecule has 0 aliphatic rings. The van der Waals surface area contributed by atoms with Gasteiger partial charge < -0.3 is 15.6 Å². The van der Waals surface area contributed by atoms with Gasteiger partial charge in [0.15, 0.2) is 0 Å². The third kappa shape index (κ3) is 4.50. The number of aliphatic hydroxyl groups is 1. The van der Waals surface area contributed by atoms with Gasteiger partial charge in [-0.05, 0) is 18.2 Å². The second-order valence-electron chi connectivity index (χ2n) is 2.94. The first-order valence-corrected chi connectivity index (χ1v) is 4.89. The van der Waals surface area contributed by atoms with Crippen LogP contribution in [0, 0.1) is 11.8 Å². The third-order valence-electron chi connectivity index (χ3n) is 1.69. The molecule has 3 heteroatoms. The van der Waals surface area contributed by atoms with Gasteiger partial charge in [-0.25, -0.2) is 0 Å². The van der Waals surface area contributed by atoms with Crippen molar-refractivity contribution < 1.29 is 9.84 Å². The van der Waals surface area contributed by atoms with Gasteiger partial charge in [-0.15, -0.1) is 0 Å². The van der Waals surface area contributed by atoms with E-state index in [-0.39, 0.29) is 6.61 Å². The fourth-order valence-corrected chi connectivity index (χ4v) is 1.06. The topological polar surface area (TPSA) is 55.5 Å². The summed E-state index contributed by atoms with van der Waals surface area (Å²) in [5, 5.41) is 8.57. The fraction of sp³-hybridized carbons (Fsp3) is 0.333. The second kappa shape index (κ2) is 6.88. The highest BCUT2D eigenvalue weighted by atomic mass is 16.5. The number of benzene rings is 1. The summed E-state index contributed by atoms with van der Waals surface area (Å²) in [4.78, 5) is 0. The number of hydrogen-bond acceptors (Lipinski definition) is 3. The standard InChI is InChI=1S/C12H15NO2/c13-7-9-15-12-6-3-5-11(10-12)4-1-2-8-14/h3,5-6,10,14H,2,7-9,13H2. The first-order valence-electron chi connectivity index (χ1n) is 4.89. The number of aliphatic hydroxyl groups excluding tert-OH is 1. The highest BCUT2D eigenvalue weighted by Gasteiger charge is 1.93. The summed E-state index contributed by atoms with van der Waals surface area (Å²) in [7, 11) is 0. The Hall–Kier alpha value is -1.50. The van der Waals surface area contributed by atoms with E-state index in [1.165, 1.54) is 0 Å². The summed E-state index contributed by atoms with van der Waals surface area (Å²) in [5.41, 5.74) is 6.22. The Balaban J connectivity index is 2.62. The van der Waals surface area contributed by atoms with Crippen LogP contribution in [0.3, 0.4) is 0 Å². The van der Waals surface area contributed by atoms with Crippen molar-refractivity contribution in [3.63, 3.8) is 0 Å². The highest BCUT2D eigenvalue weighted by Crippen LogP contribution is 2.12. The van der Waals surface area contributed by atoms with E-state index >= 15 is 0 Å². The van der Waals surface area contributed by atoms with E-state index in [1.54, 1.807) is 0 Å². The van der Waals surface area contributed by atoms with Crippen LogP contribution in [0.2, 0.25) is 0 Å². The molecule has 3 N–H and O–H groups in total. The molecule has 80 valence electrons. The van der Waals surface area contributed by atoms with Crippen LogP contribution in [0.25, 0.3) is 0 Å². The van der Waals surface area contributed by atoms with Gasteiger partial charge in [0.1, 0.15) is 12.4 Å². The molecule has 0 atom stereocenters. The van der Waals surface area contributed by atoms with Gasteiger partial charge >= 0.3 is 0 Å². The molecule has 0 aliphatic carbocycles. The molecule has 0 amide bonds. The van der Waals surface area contributed by atoms with Crippen molar-refractivity contribution >= 4 is 0 Å². The zero-order valence-electron chi connectivity index (χ0n) is 8.57. The van der Waals surface area contributed by atoms with Crippen LogP contribution < -0.4 is 10.5 Å². The van der Waals surface area contributed by atoms with E-state index in [0.29, 0.717) is 19.6 Å². The molecule has 1 aromatic rings. The van der Waals surface area contributed by atoms with Crippen molar-refractivity contribution in [2.24, 2.45) is 5.73 Å². The molecule has 1 aromatic carbocycles. The largest absolute Gasteiger partial charge is 0.492 e. The molecule has 0 saturated carbocycles. The van der Waals surface area contributed by atoms with Crippen molar-refractivity contribution in [3.05, 3.63) is 29.8 Å². The van der Waals surface area contributed by atoms with Crippen molar-refractivity contribution in [1.29, 1.82) is 0 Å². The van der Waals surface area contributed by atoms with E-state index < -0.39 is 0 Å². The average Bonchev–Trinajstić information content (AvgIpc) is 2.27. The molecule has 0 saturated heterocycles. The van der Waals surface area contributed by atoms with Crippen LogP contribution in [-0.2, 0) is 0 Å². The molecule has 0 aliphatic heterocycles. The Morgan fingerprint density at radius 2 is 2.27 bits per heavy atom. The van der Waals surface area contributed by atoms with Crippen LogP contribution >= 0.6 is 0 Å². The maximum Gasteiger partial charge on any atom is 0.120 e. The first kappa shape index (κ1) is 11.6. The van der Waals surface area contributed by atoms with Gasteiger partial charge in [0.2, 0.25) is 0 Å². The molecule has 0 bridgehead atoms. The molecule has 0 unspecified atom stereocenters. The molecule has 15 heavy (non-hydrogen) atoms. The molecular formula is C12H15NO2. The number of ether oxygens (including phenoxy) is 1. The molecule has 0 spiro atoms. The van der Waals surface area contributed by atoms with Gasteiger partial charge in [0, 0.05) is 18.5 Å². The van der Waals surface area contributed by atoms with Crippen molar-refractivity contribution in [2.75, 3.05) is 19.8 Å². The molecule has 0 heterocycles. The van der Waals surface area contributed by atoms with Crippen LogP contribution in [0.1, 0.15) is 12.0 Å². The lowest BCUT2D eigenvalue weighted by Crippen LogP contribution is -2.10. The number of nitrogens with two attached hydrogens (primary N) is 1. The minimum atomic E-state index is 0.0936. The highest BCUT2D eigenvalue weighted by molar-refractivity contribution is 5.39. The second-order valence-corrected chi connectivity index (χ2v) is 2.94. The molecule has 0 radical (unpaired) electrons. The summed E-state index contributed by atoms with van der Waals surface area (Å²) in [6, 6.07) is 7.52. The van der Waals surface area contributed by atoms with Gasteiger partial charge in [-0.2, -0.15) is 0 Å². The van der Waals surface area contributed by atoms with Crippen LogP contribution in [-0.4, -0.2) is 24.9 Å². The lowest BCUT2D eigenvalue weighted by Gasteiger charge is -2.03. The Bertz CT molecular complexity index is 352. The average molecular weight is 205 g/mol. The number of hydrogen-bond donors (Lipinski definition) is 2. The minimum absolute atomic E-state index is 0.0936. The minimum Gasteiger partial charge on any atom is -0.492 e. The van der Waals surface area contributed by atoms with Crippen LogP contribution in [0.5, 0.6) is 5.75 Å². The molecule has 0 fully saturated rings. The smallest absolute Gasteiger partial charge is 0.120 e. The Kier molecular flexibility index (Phi) is 5.31. The van der Waals surface area contributed by atoms with Gasteiger partial charge in [-0.3, -0.25) is 0 Å².